The van der Waals surface area contributed by atoms with E-state index >= 15 is 0 Å². The zero-order chi connectivity index (χ0) is 16.9. The lowest BCUT2D eigenvalue weighted by Crippen LogP contribution is -2.47. The molecule has 1 aliphatic heterocycles. The van der Waals surface area contributed by atoms with Crippen molar-refractivity contribution >= 4 is 0 Å². The largest absolute Gasteiger partial charge is 0.487 e. The molecule has 0 unspecified atom stereocenters. The van der Waals surface area contributed by atoms with Gasteiger partial charge in [-0.3, -0.25) is 0 Å². The van der Waals surface area contributed by atoms with Gasteiger partial charge < -0.3 is 34.2 Å². The Bertz CT molecular complexity index is 457. The average molecular weight is 342 g/mol. The van der Waals surface area contributed by atoms with Crippen molar-refractivity contribution in [3.05, 3.63) is 23.8 Å². The van der Waals surface area contributed by atoms with Crippen molar-refractivity contribution in [3.63, 3.8) is 0 Å². The van der Waals surface area contributed by atoms with Crippen LogP contribution in [-0.4, -0.2) is 66.1 Å². The molecule has 0 bridgehead atoms. The molecular formula is C17H28NO6+. The first-order chi connectivity index (χ1) is 11.9. The molecular weight excluding hydrogens is 314 g/mol. The summed E-state index contributed by atoms with van der Waals surface area (Å²) < 4.78 is 33.3. The standard InChI is InChI=1S/C17H27NO6/c18-14-15-1-2-16-17(13-15)24-12-10-22-8-6-20-4-3-19-5-7-21-9-11-23-16/h1-2,13H,3-12,14,18H2/p+1. The third-order valence-corrected chi connectivity index (χ3v) is 3.38. The van der Waals surface area contributed by atoms with Gasteiger partial charge in [-0.05, 0) is 18.2 Å². The minimum absolute atomic E-state index is 0.455. The van der Waals surface area contributed by atoms with Crippen molar-refractivity contribution < 1.29 is 34.2 Å². The van der Waals surface area contributed by atoms with Crippen LogP contribution in [0.5, 0.6) is 11.5 Å². The average Bonchev–Trinajstić information content (AvgIpc) is 2.61. The number of hydrogen-bond donors (Lipinski definition) is 1. The zero-order valence-electron chi connectivity index (χ0n) is 14.2. The molecule has 0 aliphatic carbocycles. The van der Waals surface area contributed by atoms with Gasteiger partial charge in [0.25, 0.3) is 0 Å². The van der Waals surface area contributed by atoms with Gasteiger partial charge in [-0.25, -0.2) is 0 Å². The van der Waals surface area contributed by atoms with Crippen LogP contribution in [0.25, 0.3) is 0 Å². The van der Waals surface area contributed by atoms with Crippen molar-refractivity contribution in [2.45, 2.75) is 6.54 Å². The topological polar surface area (TPSA) is 83.0 Å². The first kappa shape index (κ1) is 19.0. The van der Waals surface area contributed by atoms with Crippen LogP contribution in [0.1, 0.15) is 5.56 Å². The summed E-state index contributed by atoms with van der Waals surface area (Å²) in [7, 11) is 0. The van der Waals surface area contributed by atoms with Gasteiger partial charge in [0, 0.05) is 5.56 Å². The van der Waals surface area contributed by atoms with Crippen molar-refractivity contribution in [2.24, 2.45) is 0 Å². The maximum absolute atomic E-state index is 5.80. The molecule has 0 fully saturated rings. The van der Waals surface area contributed by atoms with Gasteiger partial charge in [-0.2, -0.15) is 0 Å². The molecule has 1 aliphatic rings. The van der Waals surface area contributed by atoms with E-state index in [1.165, 1.54) is 0 Å². The third kappa shape index (κ3) is 7.46. The van der Waals surface area contributed by atoms with E-state index in [0.29, 0.717) is 84.1 Å². The quantitative estimate of drug-likeness (QED) is 0.789. The number of hydrogen-bond acceptors (Lipinski definition) is 6. The minimum Gasteiger partial charge on any atom is -0.487 e. The van der Waals surface area contributed by atoms with Gasteiger partial charge >= 0.3 is 0 Å². The molecule has 7 heteroatoms. The smallest absolute Gasteiger partial charge is 0.161 e. The monoisotopic (exact) mass is 342 g/mol. The number of quaternary nitrogens is 1. The van der Waals surface area contributed by atoms with E-state index in [0.717, 1.165) is 5.56 Å². The van der Waals surface area contributed by atoms with Crippen LogP contribution >= 0.6 is 0 Å². The fourth-order valence-corrected chi connectivity index (χ4v) is 2.12. The molecule has 0 radical (unpaired) electrons. The molecule has 0 atom stereocenters. The van der Waals surface area contributed by atoms with Gasteiger partial charge in [0.15, 0.2) is 11.5 Å². The minimum atomic E-state index is 0.455. The van der Waals surface area contributed by atoms with Crippen molar-refractivity contribution in [3.8, 4) is 11.5 Å². The second-order valence-corrected chi connectivity index (χ2v) is 5.18. The fraction of sp³-hybridized carbons (Fsp3) is 0.647. The molecule has 3 N–H and O–H groups in total. The van der Waals surface area contributed by atoms with E-state index in [-0.39, 0.29) is 0 Å². The van der Waals surface area contributed by atoms with Crippen LogP contribution in [-0.2, 0) is 25.5 Å². The Hall–Kier alpha value is -1.38. The van der Waals surface area contributed by atoms with Gasteiger partial charge in [0.2, 0.25) is 0 Å². The van der Waals surface area contributed by atoms with Gasteiger partial charge in [-0.1, -0.05) is 0 Å². The number of fused-ring (bicyclic) bond motifs is 1. The van der Waals surface area contributed by atoms with Crippen LogP contribution in [0, 0.1) is 0 Å². The summed E-state index contributed by atoms with van der Waals surface area (Å²) in [6, 6.07) is 5.86. The predicted molar refractivity (Wildman–Crippen MR) is 87.3 cm³/mol. The molecule has 7 nitrogen and oxygen atoms in total. The fourth-order valence-electron chi connectivity index (χ4n) is 2.12. The lowest BCUT2D eigenvalue weighted by atomic mass is 10.2. The van der Waals surface area contributed by atoms with Gasteiger partial charge in [0.1, 0.15) is 13.2 Å². The summed E-state index contributed by atoms with van der Waals surface area (Å²) in [6.07, 6.45) is 0. The predicted octanol–water partition coefficient (Wildman–Crippen LogP) is 0.266. The number of ether oxygens (including phenoxy) is 6. The van der Waals surface area contributed by atoms with Crippen molar-refractivity contribution in [1.82, 2.24) is 0 Å². The summed E-state index contributed by atoms with van der Waals surface area (Å²) in [6.45, 7) is 5.90. The Labute approximate surface area is 142 Å². The Kier molecular flexibility index (Phi) is 9.52. The van der Waals surface area contributed by atoms with E-state index in [1.54, 1.807) is 0 Å². The van der Waals surface area contributed by atoms with Crippen molar-refractivity contribution in [2.75, 3.05) is 66.1 Å². The molecule has 136 valence electrons. The highest BCUT2D eigenvalue weighted by Crippen LogP contribution is 2.28. The summed E-state index contributed by atoms with van der Waals surface area (Å²) in [5.74, 6) is 1.41. The van der Waals surface area contributed by atoms with Crippen LogP contribution < -0.4 is 15.2 Å². The molecule has 1 aromatic carbocycles. The molecule has 1 aromatic rings. The molecule has 1 heterocycles. The Balaban J connectivity index is 1.88. The molecule has 0 aromatic heterocycles. The van der Waals surface area contributed by atoms with E-state index in [9.17, 15) is 0 Å². The van der Waals surface area contributed by atoms with Gasteiger partial charge in [-0.15, -0.1) is 0 Å². The van der Waals surface area contributed by atoms with E-state index in [2.05, 4.69) is 5.73 Å². The molecule has 0 saturated heterocycles. The second-order valence-electron chi connectivity index (χ2n) is 5.18. The molecule has 24 heavy (non-hydrogen) atoms. The summed E-state index contributed by atoms with van der Waals surface area (Å²) >= 11 is 0. The SMILES string of the molecule is [NH3+]Cc1ccc2c(c1)OCCOCCOCCOCCOCCO2. The third-order valence-electron chi connectivity index (χ3n) is 3.38. The highest BCUT2D eigenvalue weighted by molar-refractivity contribution is 5.42. The Morgan fingerprint density at radius 1 is 0.625 bits per heavy atom. The highest BCUT2D eigenvalue weighted by atomic mass is 16.6. The molecule has 2 rings (SSSR count). The van der Waals surface area contributed by atoms with E-state index in [4.69, 9.17) is 28.4 Å². The number of rotatable bonds is 1. The summed E-state index contributed by atoms with van der Waals surface area (Å²) in [4.78, 5) is 0. The molecule has 0 amide bonds. The summed E-state index contributed by atoms with van der Waals surface area (Å²) in [5.41, 5.74) is 5.00. The maximum atomic E-state index is 5.80. The van der Waals surface area contributed by atoms with Crippen LogP contribution in [0.4, 0.5) is 0 Å². The van der Waals surface area contributed by atoms with Crippen LogP contribution in [0.3, 0.4) is 0 Å². The number of benzene rings is 1. The molecule has 0 spiro atoms. The normalized spacial score (nSPS) is 19.2. The first-order valence-corrected chi connectivity index (χ1v) is 8.39. The van der Waals surface area contributed by atoms with Crippen LogP contribution in [0.15, 0.2) is 18.2 Å². The van der Waals surface area contributed by atoms with Crippen LogP contribution in [0.2, 0.25) is 0 Å². The Morgan fingerprint density at radius 2 is 1.08 bits per heavy atom. The Morgan fingerprint density at radius 3 is 1.58 bits per heavy atom. The zero-order valence-corrected chi connectivity index (χ0v) is 14.2. The van der Waals surface area contributed by atoms with E-state index in [1.807, 2.05) is 18.2 Å². The lowest BCUT2D eigenvalue weighted by molar-refractivity contribution is -0.386. The van der Waals surface area contributed by atoms with Gasteiger partial charge in [0.05, 0.1) is 59.4 Å². The second kappa shape index (κ2) is 12.0. The molecule has 0 saturated carbocycles. The lowest BCUT2D eigenvalue weighted by Gasteiger charge is -2.14. The van der Waals surface area contributed by atoms with Crippen molar-refractivity contribution in [1.29, 1.82) is 0 Å². The van der Waals surface area contributed by atoms with E-state index < -0.39 is 0 Å². The first-order valence-electron chi connectivity index (χ1n) is 8.39. The maximum Gasteiger partial charge on any atom is 0.161 e. The highest BCUT2D eigenvalue weighted by Gasteiger charge is 2.08. The summed E-state index contributed by atoms with van der Waals surface area (Å²) in [5, 5.41) is 0.